The summed E-state index contributed by atoms with van der Waals surface area (Å²) in [7, 11) is 1.74. The van der Waals surface area contributed by atoms with E-state index in [2.05, 4.69) is 15.6 Å². The second-order valence-electron chi connectivity index (χ2n) is 5.31. The van der Waals surface area contributed by atoms with E-state index in [1.54, 1.807) is 19.2 Å². The van der Waals surface area contributed by atoms with Gasteiger partial charge in [0.25, 0.3) is 0 Å². The number of benzene rings is 2. The first-order valence-electron chi connectivity index (χ1n) is 8.12. The van der Waals surface area contributed by atoms with E-state index in [1.165, 1.54) is 12.1 Å². The summed E-state index contributed by atoms with van der Waals surface area (Å²) in [4.78, 5) is 4.21. The molecule has 24 heavy (non-hydrogen) atoms. The highest BCUT2D eigenvalue weighted by Crippen LogP contribution is 2.12. The number of rotatable bonds is 7. The third-order valence-electron chi connectivity index (χ3n) is 3.51. The number of ether oxygens (including phenoxy) is 1. The van der Waals surface area contributed by atoms with Crippen molar-refractivity contribution in [2.24, 2.45) is 4.99 Å². The SMILES string of the molecule is CCOc1cccc(CNC(=NC)NCCc2ccc(F)cc2)c1. The van der Waals surface area contributed by atoms with Crippen LogP contribution in [0.2, 0.25) is 0 Å². The number of hydrogen-bond acceptors (Lipinski definition) is 2. The largest absolute Gasteiger partial charge is 0.494 e. The van der Waals surface area contributed by atoms with Crippen LogP contribution in [0.4, 0.5) is 4.39 Å². The van der Waals surface area contributed by atoms with Crippen molar-refractivity contribution >= 4 is 5.96 Å². The van der Waals surface area contributed by atoms with E-state index in [1.807, 2.05) is 31.2 Å². The van der Waals surface area contributed by atoms with Crippen LogP contribution in [0.15, 0.2) is 53.5 Å². The molecule has 0 bridgehead atoms. The van der Waals surface area contributed by atoms with Crippen LogP contribution in [0.25, 0.3) is 0 Å². The Kier molecular flexibility index (Phi) is 7.08. The number of halogens is 1. The molecule has 128 valence electrons. The number of guanidine groups is 1. The van der Waals surface area contributed by atoms with Crippen molar-refractivity contribution in [3.05, 3.63) is 65.5 Å². The molecular formula is C19H24FN3O. The quantitative estimate of drug-likeness (QED) is 0.606. The number of aliphatic imine (C=N–C) groups is 1. The van der Waals surface area contributed by atoms with Crippen molar-refractivity contribution in [3.8, 4) is 5.75 Å². The fourth-order valence-corrected chi connectivity index (χ4v) is 2.29. The molecule has 0 fully saturated rings. The smallest absolute Gasteiger partial charge is 0.191 e. The Morgan fingerprint density at radius 2 is 1.88 bits per heavy atom. The summed E-state index contributed by atoms with van der Waals surface area (Å²) in [6.07, 6.45) is 0.806. The second kappa shape index (κ2) is 9.55. The number of hydrogen-bond donors (Lipinski definition) is 2. The highest BCUT2D eigenvalue weighted by Gasteiger charge is 2.01. The molecule has 0 atom stereocenters. The molecule has 5 heteroatoms. The van der Waals surface area contributed by atoms with E-state index in [0.29, 0.717) is 13.2 Å². The fraction of sp³-hybridized carbons (Fsp3) is 0.316. The molecule has 0 amide bonds. The molecule has 0 spiro atoms. The lowest BCUT2D eigenvalue weighted by molar-refractivity contribution is 0.340. The lowest BCUT2D eigenvalue weighted by Crippen LogP contribution is -2.37. The predicted octanol–water partition coefficient (Wildman–Crippen LogP) is 3.13. The van der Waals surface area contributed by atoms with Crippen LogP contribution in [0.5, 0.6) is 5.75 Å². The average Bonchev–Trinajstić information content (AvgIpc) is 2.60. The monoisotopic (exact) mass is 329 g/mol. The highest BCUT2D eigenvalue weighted by molar-refractivity contribution is 5.79. The van der Waals surface area contributed by atoms with Gasteiger partial charge in [0.1, 0.15) is 11.6 Å². The Hall–Kier alpha value is -2.56. The zero-order chi connectivity index (χ0) is 17.2. The molecule has 0 heterocycles. The fourth-order valence-electron chi connectivity index (χ4n) is 2.29. The second-order valence-corrected chi connectivity index (χ2v) is 5.31. The van der Waals surface area contributed by atoms with Gasteiger partial charge in [-0.25, -0.2) is 4.39 Å². The van der Waals surface area contributed by atoms with E-state index in [9.17, 15) is 4.39 Å². The maximum absolute atomic E-state index is 12.9. The molecule has 2 N–H and O–H groups in total. The van der Waals surface area contributed by atoms with Crippen LogP contribution >= 0.6 is 0 Å². The molecule has 0 aliphatic carbocycles. The van der Waals surface area contributed by atoms with Crippen LogP contribution in [-0.2, 0) is 13.0 Å². The molecule has 0 saturated carbocycles. The van der Waals surface area contributed by atoms with Gasteiger partial charge in [0, 0.05) is 20.1 Å². The van der Waals surface area contributed by atoms with Crippen molar-refractivity contribution in [2.75, 3.05) is 20.2 Å². The Bertz CT molecular complexity index is 656. The van der Waals surface area contributed by atoms with E-state index in [0.717, 1.165) is 35.8 Å². The van der Waals surface area contributed by atoms with Crippen molar-refractivity contribution in [3.63, 3.8) is 0 Å². The van der Waals surface area contributed by atoms with E-state index < -0.39 is 0 Å². The summed E-state index contributed by atoms with van der Waals surface area (Å²) in [6.45, 7) is 4.02. The van der Waals surface area contributed by atoms with Crippen molar-refractivity contribution < 1.29 is 9.13 Å². The maximum atomic E-state index is 12.9. The van der Waals surface area contributed by atoms with Crippen LogP contribution < -0.4 is 15.4 Å². The zero-order valence-electron chi connectivity index (χ0n) is 14.2. The third kappa shape index (κ3) is 5.91. The highest BCUT2D eigenvalue weighted by atomic mass is 19.1. The minimum atomic E-state index is -0.210. The molecule has 4 nitrogen and oxygen atoms in total. The van der Waals surface area contributed by atoms with Gasteiger partial charge in [0.15, 0.2) is 5.96 Å². The molecule has 0 aromatic heterocycles. The van der Waals surface area contributed by atoms with Gasteiger partial charge in [-0.1, -0.05) is 24.3 Å². The molecule has 0 aliphatic heterocycles. The zero-order valence-corrected chi connectivity index (χ0v) is 14.2. The van der Waals surface area contributed by atoms with Crippen LogP contribution in [0.1, 0.15) is 18.1 Å². The summed E-state index contributed by atoms with van der Waals surface area (Å²) >= 11 is 0. The van der Waals surface area contributed by atoms with Crippen molar-refractivity contribution in [1.29, 1.82) is 0 Å². The summed E-state index contributed by atoms with van der Waals surface area (Å²) < 4.78 is 18.4. The minimum Gasteiger partial charge on any atom is -0.494 e. The van der Waals surface area contributed by atoms with Crippen LogP contribution in [0, 0.1) is 5.82 Å². The van der Waals surface area contributed by atoms with Gasteiger partial charge < -0.3 is 15.4 Å². The minimum absolute atomic E-state index is 0.210. The summed E-state index contributed by atoms with van der Waals surface area (Å²) in [5, 5.41) is 6.53. The molecule has 2 aromatic rings. The Labute approximate surface area is 142 Å². The first-order valence-corrected chi connectivity index (χ1v) is 8.12. The van der Waals surface area contributed by atoms with Gasteiger partial charge in [0.05, 0.1) is 6.61 Å². The first-order chi connectivity index (χ1) is 11.7. The molecule has 0 saturated heterocycles. The number of nitrogens with one attached hydrogen (secondary N) is 2. The summed E-state index contributed by atoms with van der Waals surface area (Å²) in [5.41, 5.74) is 2.21. The van der Waals surface area contributed by atoms with Gasteiger partial charge in [-0.3, -0.25) is 4.99 Å². The van der Waals surface area contributed by atoms with E-state index >= 15 is 0 Å². The Balaban J connectivity index is 1.78. The first kappa shape index (κ1) is 17.8. The van der Waals surface area contributed by atoms with Crippen molar-refractivity contribution in [1.82, 2.24) is 10.6 Å². The molecule has 0 unspecified atom stereocenters. The molecule has 2 rings (SSSR count). The third-order valence-corrected chi connectivity index (χ3v) is 3.51. The average molecular weight is 329 g/mol. The van der Waals surface area contributed by atoms with Gasteiger partial charge in [-0.05, 0) is 48.7 Å². The molecule has 2 aromatic carbocycles. The maximum Gasteiger partial charge on any atom is 0.191 e. The lowest BCUT2D eigenvalue weighted by atomic mass is 10.1. The molecule has 0 aliphatic rings. The van der Waals surface area contributed by atoms with E-state index in [4.69, 9.17) is 4.74 Å². The Morgan fingerprint density at radius 1 is 1.08 bits per heavy atom. The lowest BCUT2D eigenvalue weighted by Gasteiger charge is -2.12. The standard InChI is InChI=1S/C19H24FN3O/c1-3-24-18-6-4-5-16(13-18)14-23-19(21-2)22-12-11-15-7-9-17(20)10-8-15/h4-10,13H,3,11-12,14H2,1-2H3,(H2,21,22,23). The van der Waals surface area contributed by atoms with Gasteiger partial charge >= 0.3 is 0 Å². The summed E-state index contributed by atoms with van der Waals surface area (Å²) in [6, 6.07) is 14.5. The van der Waals surface area contributed by atoms with Gasteiger partial charge in [-0.15, -0.1) is 0 Å². The van der Waals surface area contributed by atoms with Gasteiger partial charge in [0.2, 0.25) is 0 Å². The van der Waals surface area contributed by atoms with Gasteiger partial charge in [-0.2, -0.15) is 0 Å². The van der Waals surface area contributed by atoms with Crippen molar-refractivity contribution in [2.45, 2.75) is 19.9 Å². The number of nitrogens with zero attached hydrogens (tertiary/aromatic N) is 1. The van der Waals surface area contributed by atoms with E-state index in [-0.39, 0.29) is 5.82 Å². The van der Waals surface area contributed by atoms with Crippen LogP contribution in [0.3, 0.4) is 0 Å². The summed E-state index contributed by atoms with van der Waals surface area (Å²) in [5.74, 6) is 1.40. The topological polar surface area (TPSA) is 45.6 Å². The predicted molar refractivity (Wildman–Crippen MR) is 95.9 cm³/mol. The molecular weight excluding hydrogens is 305 g/mol. The normalized spacial score (nSPS) is 11.2. The Morgan fingerprint density at radius 3 is 2.58 bits per heavy atom. The molecule has 0 radical (unpaired) electrons. The van der Waals surface area contributed by atoms with Crippen LogP contribution in [-0.4, -0.2) is 26.2 Å².